The van der Waals surface area contributed by atoms with Crippen LogP contribution in [0.1, 0.15) is 17.0 Å². The normalized spacial score (nSPS) is 11.0. The number of pyridine rings is 1. The van der Waals surface area contributed by atoms with Crippen LogP contribution in [0.2, 0.25) is 5.15 Å². The highest BCUT2D eigenvalue weighted by Gasteiger charge is 2.05. The minimum absolute atomic E-state index is 0. The van der Waals surface area contributed by atoms with E-state index in [1.165, 1.54) is 5.56 Å². The highest BCUT2D eigenvalue weighted by atomic mass is 127. The third kappa shape index (κ3) is 7.66. The molecule has 2 N–H and O–H groups in total. The van der Waals surface area contributed by atoms with Crippen LogP contribution in [0, 0.1) is 0 Å². The maximum absolute atomic E-state index is 5.81. The summed E-state index contributed by atoms with van der Waals surface area (Å²) in [4.78, 5) is 12.8. The van der Waals surface area contributed by atoms with Crippen molar-refractivity contribution in [2.75, 3.05) is 13.6 Å². The summed E-state index contributed by atoms with van der Waals surface area (Å²) < 4.78 is 2.17. The van der Waals surface area contributed by atoms with Crippen LogP contribution in [-0.2, 0) is 25.9 Å². The molecular weight excluding hydrogens is 499 g/mol. The fourth-order valence-electron chi connectivity index (χ4n) is 2.87. The molecule has 0 aliphatic rings. The zero-order valence-electron chi connectivity index (χ0n) is 16.4. The molecule has 0 fully saturated rings. The van der Waals surface area contributed by atoms with Crippen LogP contribution in [0.3, 0.4) is 0 Å². The number of nitrogens with zero attached hydrogens (tertiary/aromatic N) is 4. The van der Waals surface area contributed by atoms with Crippen LogP contribution < -0.4 is 10.6 Å². The first-order chi connectivity index (χ1) is 13.7. The molecule has 3 aromatic rings. The Hall–Kier alpha value is -2.13. The van der Waals surface area contributed by atoms with E-state index in [0.717, 1.165) is 43.3 Å². The number of benzene rings is 1. The molecule has 2 aromatic heterocycles. The molecule has 29 heavy (non-hydrogen) atoms. The molecule has 0 unspecified atom stereocenters. The first-order valence-electron chi connectivity index (χ1n) is 9.33. The predicted molar refractivity (Wildman–Crippen MR) is 129 cm³/mol. The van der Waals surface area contributed by atoms with Gasteiger partial charge in [-0.15, -0.1) is 24.0 Å². The van der Waals surface area contributed by atoms with Crippen molar-refractivity contribution < 1.29 is 0 Å². The van der Waals surface area contributed by atoms with Crippen LogP contribution in [0.4, 0.5) is 0 Å². The molecule has 0 aliphatic carbocycles. The van der Waals surface area contributed by atoms with Gasteiger partial charge in [0.05, 0.1) is 6.54 Å². The second-order valence-corrected chi connectivity index (χ2v) is 6.75. The lowest BCUT2D eigenvalue weighted by Gasteiger charge is -2.13. The number of hydrogen-bond donors (Lipinski definition) is 2. The Morgan fingerprint density at radius 1 is 1.03 bits per heavy atom. The van der Waals surface area contributed by atoms with E-state index in [0.29, 0.717) is 11.7 Å². The van der Waals surface area contributed by atoms with Crippen LogP contribution in [0.5, 0.6) is 0 Å². The molecule has 0 bridgehead atoms. The molecule has 0 spiro atoms. The van der Waals surface area contributed by atoms with E-state index in [2.05, 4.69) is 54.4 Å². The van der Waals surface area contributed by atoms with Gasteiger partial charge in [0.2, 0.25) is 0 Å². The second kappa shape index (κ2) is 12.4. The van der Waals surface area contributed by atoms with E-state index in [1.54, 1.807) is 19.3 Å². The van der Waals surface area contributed by atoms with Crippen LogP contribution in [0.15, 0.2) is 66.0 Å². The molecule has 1 aromatic carbocycles. The zero-order valence-corrected chi connectivity index (χ0v) is 19.5. The molecule has 3 rings (SSSR count). The van der Waals surface area contributed by atoms with Crippen molar-refractivity contribution in [3.05, 3.63) is 83.2 Å². The van der Waals surface area contributed by atoms with E-state index < -0.39 is 0 Å². The molecule has 0 atom stereocenters. The van der Waals surface area contributed by atoms with E-state index in [4.69, 9.17) is 11.6 Å². The summed E-state index contributed by atoms with van der Waals surface area (Å²) in [6, 6.07) is 14.3. The number of rotatable bonds is 8. The topological polar surface area (TPSA) is 67.1 Å². The lowest BCUT2D eigenvalue weighted by molar-refractivity contribution is 0.634. The molecular formula is C21H26ClIN6. The number of aryl methyl sites for hydroxylation is 2. The van der Waals surface area contributed by atoms with Gasteiger partial charge in [-0.25, -0.2) is 9.97 Å². The van der Waals surface area contributed by atoms with Gasteiger partial charge in [-0.3, -0.25) is 4.99 Å². The number of guanidine groups is 1. The van der Waals surface area contributed by atoms with Crippen LogP contribution in [-0.4, -0.2) is 34.1 Å². The summed E-state index contributed by atoms with van der Waals surface area (Å²) in [6.07, 6.45) is 7.47. The molecule has 0 amide bonds. The van der Waals surface area contributed by atoms with Crippen molar-refractivity contribution in [2.45, 2.75) is 25.9 Å². The van der Waals surface area contributed by atoms with E-state index in [1.807, 2.05) is 24.5 Å². The Morgan fingerprint density at radius 3 is 2.59 bits per heavy atom. The quantitative estimate of drug-likeness (QED) is 0.204. The number of aromatic nitrogens is 3. The maximum Gasteiger partial charge on any atom is 0.191 e. The van der Waals surface area contributed by atoms with Crippen molar-refractivity contribution in [1.29, 1.82) is 0 Å². The number of nitrogens with one attached hydrogen (secondary N) is 2. The number of hydrogen-bond acceptors (Lipinski definition) is 3. The van der Waals surface area contributed by atoms with Gasteiger partial charge in [-0.2, -0.15) is 0 Å². The van der Waals surface area contributed by atoms with E-state index in [-0.39, 0.29) is 24.0 Å². The molecule has 0 saturated heterocycles. The summed E-state index contributed by atoms with van der Waals surface area (Å²) in [5.74, 6) is 1.74. The van der Waals surface area contributed by atoms with Gasteiger partial charge in [-0.05, 0) is 30.0 Å². The largest absolute Gasteiger partial charge is 0.356 e. The predicted octanol–water partition coefficient (Wildman–Crippen LogP) is 3.70. The van der Waals surface area contributed by atoms with Gasteiger partial charge in [0.25, 0.3) is 0 Å². The summed E-state index contributed by atoms with van der Waals surface area (Å²) in [5, 5.41) is 7.15. The summed E-state index contributed by atoms with van der Waals surface area (Å²) >= 11 is 5.81. The number of halogens is 2. The zero-order chi connectivity index (χ0) is 19.6. The van der Waals surface area contributed by atoms with E-state index >= 15 is 0 Å². The average molecular weight is 525 g/mol. The fourth-order valence-corrected chi connectivity index (χ4v) is 2.98. The first-order valence-corrected chi connectivity index (χ1v) is 9.71. The SMILES string of the molecule is CN=C(NCCc1ccc(Cl)nc1)NCc1nccn1CCc1ccccc1.I. The van der Waals surface area contributed by atoms with Crippen molar-refractivity contribution >= 4 is 41.5 Å². The standard InChI is InChI=1S/C21H25ClN6.HI/c1-23-21(25-11-9-18-7-8-19(22)26-15-18)27-16-20-24-12-14-28(20)13-10-17-5-3-2-4-6-17;/h2-8,12,14-15H,9-11,13,16H2,1H3,(H2,23,25,27);1H. The van der Waals surface area contributed by atoms with Crippen LogP contribution >= 0.6 is 35.6 Å². The van der Waals surface area contributed by atoms with Gasteiger partial charge in [0.1, 0.15) is 11.0 Å². The lowest BCUT2D eigenvalue weighted by atomic mass is 10.1. The van der Waals surface area contributed by atoms with Gasteiger partial charge in [0.15, 0.2) is 5.96 Å². The molecule has 0 saturated carbocycles. The van der Waals surface area contributed by atoms with Gasteiger partial charge in [-0.1, -0.05) is 48.0 Å². The Balaban J connectivity index is 0.00000300. The fraction of sp³-hybridized carbons (Fsp3) is 0.286. The minimum atomic E-state index is 0. The Kier molecular flexibility index (Phi) is 9.93. The van der Waals surface area contributed by atoms with Crippen molar-refractivity contribution in [3.63, 3.8) is 0 Å². The third-order valence-electron chi connectivity index (χ3n) is 4.42. The number of imidazole rings is 1. The smallest absolute Gasteiger partial charge is 0.191 e. The van der Waals surface area contributed by atoms with Crippen molar-refractivity contribution in [2.24, 2.45) is 4.99 Å². The van der Waals surface area contributed by atoms with Gasteiger partial charge in [0, 0.05) is 38.7 Å². The average Bonchev–Trinajstić information content (AvgIpc) is 3.18. The van der Waals surface area contributed by atoms with Gasteiger partial charge < -0.3 is 15.2 Å². The summed E-state index contributed by atoms with van der Waals surface area (Å²) in [7, 11) is 1.76. The van der Waals surface area contributed by atoms with Crippen molar-refractivity contribution in [1.82, 2.24) is 25.2 Å². The highest BCUT2D eigenvalue weighted by molar-refractivity contribution is 14.0. The van der Waals surface area contributed by atoms with E-state index in [9.17, 15) is 0 Å². The van der Waals surface area contributed by atoms with Crippen molar-refractivity contribution in [3.8, 4) is 0 Å². The van der Waals surface area contributed by atoms with Gasteiger partial charge >= 0.3 is 0 Å². The molecule has 6 nitrogen and oxygen atoms in total. The third-order valence-corrected chi connectivity index (χ3v) is 4.64. The minimum Gasteiger partial charge on any atom is -0.356 e. The Bertz CT molecular complexity index is 880. The molecule has 0 aliphatic heterocycles. The second-order valence-electron chi connectivity index (χ2n) is 6.36. The Morgan fingerprint density at radius 2 is 1.86 bits per heavy atom. The first kappa shape index (κ1) is 23.2. The monoisotopic (exact) mass is 524 g/mol. The summed E-state index contributed by atoms with van der Waals surface area (Å²) in [5.41, 5.74) is 2.45. The maximum atomic E-state index is 5.81. The number of aliphatic imine (C=N–C) groups is 1. The molecule has 154 valence electrons. The molecule has 8 heteroatoms. The molecule has 2 heterocycles. The van der Waals surface area contributed by atoms with Crippen LogP contribution in [0.25, 0.3) is 0 Å². The summed E-state index contributed by atoms with van der Waals surface area (Å²) in [6.45, 7) is 2.27. The highest BCUT2D eigenvalue weighted by Crippen LogP contribution is 2.06. The molecule has 0 radical (unpaired) electrons. The Labute approximate surface area is 193 Å². The lowest BCUT2D eigenvalue weighted by Crippen LogP contribution is -2.38.